The van der Waals surface area contributed by atoms with Gasteiger partial charge in [-0.05, 0) is 361 Å². The molecule has 1 saturated carbocycles. The van der Waals surface area contributed by atoms with Gasteiger partial charge in [0.05, 0.1) is 4.75 Å². The fourth-order valence-corrected chi connectivity index (χ4v) is 35.1. The van der Waals surface area contributed by atoms with Crippen molar-refractivity contribution in [1.29, 1.82) is 0 Å². The fourth-order valence-electron chi connectivity index (χ4n) is 33.0. The van der Waals surface area contributed by atoms with Gasteiger partial charge in [0, 0.05) is 10.3 Å². The predicted octanol–water partition coefficient (Wildman–Crippen LogP) is 16.9. The number of thioether (sulfide) groups is 1. The van der Waals surface area contributed by atoms with Crippen molar-refractivity contribution in [3.8, 4) is 11.1 Å². The average molecular weight is 947 g/mol. The molecule has 22 aliphatic carbocycles. The molecule has 11 aromatic carbocycles. The molecule has 23 aliphatic rings. The Bertz CT molecular complexity index is 5650. The molecule has 0 aromatic heterocycles. The van der Waals surface area contributed by atoms with E-state index in [1.54, 1.807) is 16.0 Å². The van der Waals surface area contributed by atoms with Crippen LogP contribution in [0.25, 0.3) is 97.3 Å². The molecular formula is C73H38S. The number of rotatable bonds is 1. The lowest BCUT2D eigenvalue weighted by atomic mass is 9.39. The van der Waals surface area contributed by atoms with E-state index in [2.05, 4.69) is 69.6 Å². The van der Waals surface area contributed by atoms with E-state index in [0.29, 0.717) is 124 Å². The SMILES string of the molecule is CC(C)c1cc2c(cc1C(C)(C)C)C13c4c5c6c7c8c9c%10c%11c%12c%13c%14c%15c(c%16c%13c%10c7c4-%16)C1(S2)C1C%15C2c4c7c%10c%13c%15c%16c%17c%18c%19c%20c%21c%22c%23c(c4c4c%22c%19c%16c%104)C2C%14C%12C%23C%21C%11C9C%20C%18C8C6C%17C%15C5C3C%13C71. The normalized spacial score (nSPS) is 46.4. The van der Waals surface area contributed by atoms with E-state index in [-0.39, 0.29) is 15.6 Å². The summed E-state index contributed by atoms with van der Waals surface area (Å²) >= 11 is 2.61. The van der Waals surface area contributed by atoms with Crippen LogP contribution < -0.4 is 0 Å². The van der Waals surface area contributed by atoms with Gasteiger partial charge < -0.3 is 0 Å². The summed E-state index contributed by atoms with van der Waals surface area (Å²) < 4.78 is 0.0354. The van der Waals surface area contributed by atoms with E-state index < -0.39 is 0 Å². The second-order valence-electron chi connectivity index (χ2n) is 32.4. The van der Waals surface area contributed by atoms with E-state index in [1.807, 2.05) is 203 Å². The van der Waals surface area contributed by atoms with Crippen molar-refractivity contribution in [2.24, 2.45) is 11.8 Å². The summed E-state index contributed by atoms with van der Waals surface area (Å²) in [5.41, 5.74) is 49.9. The summed E-state index contributed by atoms with van der Waals surface area (Å²) in [6.07, 6.45) is 0. The van der Waals surface area contributed by atoms with Crippen LogP contribution in [0.15, 0.2) is 17.0 Å². The van der Waals surface area contributed by atoms with E-state index in [1.165, 1.54) is 0 Å². The molecule has 22 unspecified atom stereocenters. The Morgan fingerprint density at radius 1 is 0.351 bits per heavy atom. The van der Waals surface area contributed by atoms with E-state index in [4.69, 9.17) is 0 Å². The molecule has 336 valence electrons. The summed E-state index contributed by atoms with van der Waals surface area (Å²) in [6, 6.07) is 5.98. The Kier molecular flexibility index (Phi) is 3.00. The highest BCUT2D eigenvalue weighted by molar-refractivity contribution is 8.00. The van der Waals surface area contributed by atoms with Gasteiger partial charge >= 0.3 is 0 Å². The zero-order valence-electron chi connectivity index (χ0n) is 41.2. The average Bonchev–Trinajstić information content (AvgIpc) is 4.35. The molecule has 0 radical (unpaired) electrons. The van der Waals surface area contributed by atoms with Crippen LogP contribution in [-0.4, -0.2) is 0 Å². The van der Waals surface area contributed by atoms with Gasteiger partial charge in [-0.15, -0.1) is 11.8 Å². The van der Waals surface area contributed by atoms with Crippen LogP contribution in [0.1, 0.15) is 275 Å². The van der Waals surface area contributed by atoms with E-state index in [0.717, 1.165) is 0 Å². The zero-order valence-corrected chi connectivity index (χ0v) is 42.0. The molecule has 0 saturated heterocycles. The maximum atomic E-state index is 3.05. The maximum Gasteiger partial charge on any atom is 0.0645 e. The van der Waals surface area contributed by atoms with Crippen molar-refractivity contribution < 1.29 is 0 Å². The lowest BCUT2D eigenvalue weighted by molar-refractivity contribution is 0.0341. The van der Waals surface area contributed by atoms with Gasteiger partial charge in [0.25, 0.3) is 0 Å². The molecule has 2 spiro atoms. The Labute approximate surface area is 426 Å². The third kappa shape index (κ3) is 1.75. The van der Waals surface area contributed by atoms with Crippen LogP contribution in [0.4, 0.5) is 0 Å². The molecule has 1 fully saturated rings. The van der Waals surface area contributed by atoms with Crippen molar-refractivity contribution in [3.63, 3.8) is 0 Å². The third-order valence-electron chi connectivity index (χ3n) is 31.8. The molecule has 1 aliphatic heterocycles. The van der Waals surface area contributed by atoms with Gasteiger partial charge in [0.1, 0.15) is 0 Å². The quantitative estimate of drug-likeness (QED) is 0.148. The van der Waals surface area contributed by atoms with Gasteiger partial charge in [-0.3, -0.25) is 0 Å². The first-order valence-corrected chi connectivity index (χ1v) is 31.3. The molecule has 0 bridgehead atoms. The van der Waals surface area contributed by atoms with Crippen molar-refractivity contribution in [1.82, 2.24) is 0 Å². The van der Waals surface area contributed by atoms with Crippen molar-refractivity contribution in [2.45, 2.75) is 168 Å². The number of hydrogen-bond donors (Lipinski definition) is 0. The lowest BCUT2D eigenvalue weighted by Crippen LogP contribution is -2.62. The minimum atomic E-state index is -0.00391. The van der Waals surface area contributed by atoms with Crippen LogP contribution in [0, 0.1) is 11.8 Å². The zero-order chi connectivity index (χ0) is 45.0. The minimum Gasteiger partial charge on any atom is -0.112 e. The smallest absolute Gasteiger partial charge is 0.0645 e. The summed E-state index contributed by atoms with van der Waals surface area (Å²) in [6.45, 7) is 12.8. The molecule has 0 nitrogen and oxygen atoms in total. The van der Waals surface area contributed by atoms with E-state index in [9.17, 15) is 0 Å². The van der Waals surface area contributed by atoms with Gasteiger partial charge in [-0.25, -0.2) is 0 Å². The molecular weight excluding hydrogens is 909 g/mol. The van der Waals surface area contributed by atoms with Gasteiger partial charge in [0.15, 0.2) is 0 Å². The van der Waals surface area contributed by atoms with Gasteiger partial charge in [0.2, 0.25) is 0 Å². The number of hydrogen-bond acceptors (Lipinski definition) is 1. The summed E-state index contributed by atoms with van der Waals surface area (Å²) in [5.74, 6) is 13.7. The number of benzene rings is 10. The first kappa shape index (κ1) is 31.0. The predicted molar refractivity (Wildman–Crippen MR) is 289 cm³/mol. The number of fused-ring (bicyclic) bond motifs is 1. The monoisotopic (exact) mass is 946 g/mol. The largest absolute Gasteiger partial charge is 0.112 e. The molecule has 0 amide bonds. The Hall–Kier alpha value is -5.37. The van der Waals surface area contributed by atoms with Crippen LogP contribution in [0.5, 0.6) is 0 Å². The third-order valence-corrected chi connectivity index (χ3v) is 33.5. The highest BCUT2D eigenvalue weighted by Gasteiger charge is 2.89. The minimum absolute atomic E-state index is 0.00391. The first-order valence-electron chi connectivity index (χ1n) is 30.4. The molecule has 1 heteroatoms. The second kappa shape index (κ2) is 7.17. The summed E-state index contributed by atoms with van der Waals surface area (Å²) in [5, 5.41) is 30.8. The van der Waals surface area contributed by atoms with Crippen molar-refractivity contribution in [3.05, 3.63) is 140 Å². The van der Waals surface area contributed by atoms with E-state index >= 15 is 0 Å². The Morgan fingerprint density at radius 3 is 1.08 bits per heavy atom. The lowest BCUT2D eigenvalue weighted by Gasteiger charge is -2.65. The molecule has 0 N–H and O–H groups in total. The fraction of sp³-hybridized carbons (Fsp3) is 0.397. The van der Waals surface area contributed by atoms with Crippen LogP contribution in [0.3, 0.4) is 0 Å². The van der Waals surface area contributed by atoms with Crippen molar-refractivity contribution >= 4 is 97.9 Å². The van der Waals surface area contributed by atoms with Crippen LogP contribution in [-0.2, 0) is 15.6 Å². The first-order chi connectivity index (χ1) is 36.4. The summed E-state index contributed by atoms with van der Waals surface area (Å²) in [7, 11) is 0. The highest BCUT2D eigenvalue weighted by Crippen LogP contribution is 3.01. The van der Waals surface area contributed by atoms with Crippen LogP contribution in [0.2, 0.25) is 0 Å². The molecule has 22 atom stereocenters. The van der Waals surface area contributed by atoms with Crippen molar-refractivity contribution in [2.75, 3.05) is 0 Å². The highest BCUT2D eigenvalue weighted by atomic mass is 32.2. The Balaban J connectivity index is 0.987. The standard InChI is InChI=1S/C73H38S/c1-8(2)9-6-12-11(7-10(9)71(3,4)5)72-67-59-51-41-31-23-15-13-14-17-21-19(15)27-35-29(21)39-33-25(17)26-18(14)22-20-16(13)24(23)32-38-28(20)36-30(22)40-34(26)44-43(33)55-49(39)57-47(35)53(45(51)37(27)31)61(67)63(57)69-65(55)66-56(44)50(40)58-48(36)54-46(38)52(42(32)41)60(59)68(72)62(54)64(58)70(66)73(69,72)74-12/h6-8,15,17,19,21,23,25,31,33,41-44,52,56,60,62,64,66,68,70H,1-5H3. The topological polar surface area (TPSA) is 0 Å². The Morgan fingerprint density at radius 2 is 0.662 bits per heavy atom. The maximum absolute atomic E-state index is 3.05. The second-order valence-corrected chi connectivity index (χ2v) is 33.7. The molecule has 34 rings (SSSR count). The molecule has 11 aromatic rings. The molecule has 74 heavy (non-hydrogen) atoms. The van der Waals surface area contributed by atoms with Gasteiger partial charge in [-0.2, -0.15) is 0 Å². The molecule has 1 heterocycles. The van der Waals surface area contributed by atoms with Crippen LogP contribution >= 0.6 is 11.8 Å². The van der Waals surface area contributed by atoms with Gasteiger partial charge in [-0.1, -0.05) is 40.7 Å². The summed E-state index contributed by atoms with van der Waals surface area (Å²) in [4.78, 5) is 1.75.